The van der Waals surface area contributed by atoms with Gasteiger partial charge in [-0.3, -0.25) is 4.99 Å². The number of hydrogen-bond acceptors (Lipinski definition) is 3. The molecule has 0 saturated carbocycles. The van der Waals surface area contributed by atoms with Crippen molar-refractivity contribution in [2.75, 3.05) is 38.0 Å². The molecular weight excluding hydrogens is 264 g/mol. The molecule has 3 N–H and O–H groups in total. The Kier molecular flexibility index (Phi) is 6.34. The van der Waals surface area contributed by atoms with Gasteiger partial charge in [0.1, 0.15) is 0 Å². The van der Waals surface area contributed by atoms with Crippen molar-refractivity contribution < 1.29 is 5.11 Å². The molecule has 0 amide bonds. The summed E-state index contributed by atoms with van der Waals surface area (Å²) >= 11 is 0. The number of likely N-dealkylation sites (tertiary alicyclic amines) is 1. The van der Waals surface area contributed by atoms with Crippen LogP contribution in [0.3, 0.4) is 0 Å². The van der Waals surface area contributed by atoms with E-state index >= 15 is 0 Å². The number of β-amino-alcohol motifs (C(OH)–C–C–N with tert-alkyl or cyclic N) is 1. The summed E-state index contributed by atoms with van der Waals surface area (Å²) in [5.74, 6) is 0.925. The van der Waals surface area contributed by atoms with Crippen LogP contribution in [0.5, 0.6) is 0 Å². The van der Waals surface area contributed by atoms with E-state index in [1.807, 2.05) is 18.2 Å². The SMILES string of the molecule is CCNC(=NCCCNc1ccccc1)N1CC[C@@H](O)C1. The number of guanidine groups is 1. The second-order valence-corrected chi connectivity index (χ2v) is 5.27. The highest BCUT2D eigenvalue weighted by atomic mass is 16.3. The highest BCUT2D eigenvalue weighted by Crippen LogP contribution is 2.09. The van der Waals surface area contributed by atoms with Crippen LogP contribution in [0.25, 0.3) is 0 Å². The molecule has 0 bridgehead atoms. The second kappa shape index (κ2) is 8.52. The number of aliphatic hydroxyl groups excluding tert-OH is 1. The third-order valence-electron chi connectivity index (χ3n) is 3.50. The Morgan fingerprint density at radius 3 is 2.86 bits per heavy atom. The summed E-state index contributed by atoms with van der Waals surface area (Å²) in [6, 6.07) is 10.2. The standard InChI is InChI=1S/C16H26N4O/c1-2-17-16(20-12-9-15(21)13-20)19-11-6-10-18-14-7-4-3-5-8-14/h3-5,7-8,15,18,21H,2,6,9-13H2,1H3,(H,17,19)/t15-/m1/s1. The van der Waals surface area contributed by atoms with E-state index in [0.29, 0.717) is 6.54 Å². The lowest BCUT2D eigenvalue weighted by atomic mass is 10.3. The predicted molar refractivity (Wildman–Crippen MR) is 87.7 cm³/mol. The third-order valence-corrected chi connectivity index (χ3v) is 3.50. The van der Waals surface area contributed by atoms with E-state index in [4.69, 9.17) is 0 Å². The molecule has 0 spiro atoms. The summed E-state index contributed by atoms with van der Waals surface area (Å²) in [7, 11) is 0. The number of aliphatic imine (C=N–C) groups is 1. The first kappa shape index (κ1) is 15.6. The molecule has 1 fully saturated rings. The smallest absolute Gasteiger partial charge is 0.194 e. The van der Waals surface area contributed by atoms with Crippen molar-refractivity contribution in [2.24, 2.45) is 4.99 Å². The topological polar surface area (TPSA) is 59.9 Å². The zero-order chi connectivity index (χ0) is 14.9. The molecule has 5 heteroatoms. The number of anilines is 1. The van der Waals surface area contributed by atoms with E-state index in [2.05, 4.69) is 39.6 Å². The highest BCUT2D eigenvalue weighted by molar-refractivity contribution is 5.80. The summed E-state index contributed by atoms with van der Waals surface area (Å²) < 4.78 is 0. The average molecular weight is 290 g/mol. The van der Waals surface area contributed by atoms with Crippen LogP contribution in [-0.4, -0.2) is 54.8 Å². The molecule has 5 nitrogen and oxygen atoms in total. The van der Waals surface area contributed by atoms with Gasteiger partial charge in [0, 0.05) is 38.4 Å². The first-order chi connectivity index (χ1) is 10.3. The fraction of sp³-hybridized carbons (Fsp3) is 0.562. The first-order valence-corrected chi connectivity index (χ1v) is 7.80. The monoisotopic (exact) mass is 290 g/mol. The van der Waals surface area contributed by atoms with Gasteiger partial charge >= 0.3 is 0 Å². The van der Waals surface area contributed by atoms with Crippen molar-refractivity contribution >= 4 is 11.6 Å². The van der Waals surface area contributed by atoms with Crippen molar-refractivity contribution in [3.63, 3.8) is 0 Å². The molecule has 1 aliphatic heterocycles. The minimum Gasteiger partial charge on any atom is -0.391 e. The second-order valence-electron chi connectivity index (χ2n) is 5.27. The van der Waals surface area contributed by atoms with Crippen molar-refractivity contribution in [3.8, 4) is 0 Å². The highest BCUT2D eigenvalue weighted by Gasteiger charge is 2.22. The molecule has 0 radical (unpaired) electrons. The Bertz CT molecular complexity index is 435. The maximum atomic E-state index is 9.62. The molecule has 0 unspecified atom stereocenters. The Balaban J connectivity index is 1.72. The molecule has 1 saturated heterocycles. The van der Waals surface area contributed by atoms with Crippen LogP contribution in [0.4, 0.5) is 5.69 Å². The maximum Gasteiger partial charge on any atom is 0.194 e. The van der Waals surface area contributed by atoms with Gasteiger partial charge in [0.25, 0.3) is 0 Å². The molecular formula is C16H26N4O. The van der Waals surface area contributed by atoms with Gasteiger partial charge in [0.05, 0.1) is 6.10 Å². The number of rotatable bonds is 6. The van der Waals surface area contributed by atoms with E-state index in [1.54, 1.807) is 0 Å². The summed E-state index contributed by atoms with van der Waals surface area (Å²) in [5.41, 5.74) is 1.15. The van der Waals surface area contributed by atoms with Crippen LogP contribution in [0.1, 0.15) is 19.8 Å². The first-order valence-electron chi connectivity index (χ1n) is 7.80. The van der Waals surface area contributed by atoms with Crippen molar-refractivity contribution in [3.05, 3.63) is 30.3 Å². The van der Waals surface area contributed by atoms with E-state index in [1.165, 1.54) is 0 Å². The Hall–Kier alpha value is -1.75. The van der Waals surface area contributed by atoms with Crippen LogP contribution >= 0.6 is 0 Å². The summed E-state index contributed by atoms with van der Waals surface area (Å²) in [4.78, 5) is 6.78. The summed E-state index contributed by atoms with van der Waals surface area (Å²) in [5, 5.41) is 16.3. The molecule has 1 aromatic carbocycles. The summed E-state index contributed by atoms with van der Waals surface area (Å²) in [6.07, 6.45) is 1.61. The number of hydrogen-bond donors (Lipinski definition) is 3. The molecule has 21 heavy (non-hydrogen) atoms. The fourth-order valence-electron chi connectivity index (χ4n) is 2.41. The number of nitrogens with one attached hydrogen (secondary N) is 2. The van der Waals surface area contributed by atoms with Gasteiger partial charge in [-0.25, -0.2) is 0 Å². The number of aliphatic hydroxyl groups is 1. The molecule has 1 heterocycles. The third kappa shape index (κ3) is 5.27. The van der Waals surface area contributed by atoms with Crippen LogP contribution < -0.4 is 10.6 Å². The van der Waals surface area contributed by atoms with E-state index in [0.717, 1.165) is 50.7 Å². The zero-order valence-corrected chi connectivity index (χ0v) is 12.8. The van der Waals surface area contributed by atoms with Gasteiger partial charge in [0.2, 0.25) is 0 Å². The number of para-hydroxylation sites is 1. The van der Waals surface area contributed by atoms with Gasteiger partial charge in [0.15, 0.2) is 5.96 Å². The Labute approximate surface area is 127 Å². The predicted octanol–water partition coefficient (Wildman–Crippen LogP) is 1.52. The minimum atomic E-state index is -0.214. The lowest BCUT2D eigenvalue weighted by Crippen LogP contribution is -2.40. The van der Waals surface area contributed by atoms with Gasteiger partial charge in [-0.1, -0.05) is 18.2 Å². The van der Waals surface area contributed by atoms with Crippen LogP contribution in [0, 0.1) is 0 Å². The number of benzene rings is 1. The lowest BCUT2D eigenvalue weighted by Gasteiger charge is -2.20. The zero-order valence-electron chi connectivity index (χ0n) is 12.8. The summed E-state index contributed by atoms with van der Waals surface area (Å²) in [6.45, 7) is 6.19. The normalized spacial score (nSPS) is 18.9. The molecule has 0 aliphatic carbocycles. The van der Waals surface area contributed by atoms with E-state index < -0.39 is 0 Å². The largest absolute Gasteiger partial charge is 0.391 e. The number of nitrogens with zero attached hydrogens (tertiary/aromatic N) is 2. The van der Waals surface area contributed by atoms with Gasteiger partial charge in [-0.05, 0) is 31.9 Å². The molecule has 1 aromatic rings. The molecule has 1 atom stereocenters. The Morgan fingerprint density at radius 2 is 2.19 bits per heavy atom. The van der Waals surface area contributed by atoms with Crippen molar-refractivity contribution in [1.82, 2.24) is 10.2 Å². The molecule has 1 aliphatic rings. The molecule has 0 aromatic heterocycles. The lowest BCUT2D eigenvalue weighted by molar-refractivity contribution is 0.188. The van der Waals surface area contributed by atoms with Crippen LogP contribution in [0.15, 0.2) is 35.3 Å². The molecule has 2 rings (SSSR count). The van der Waals surface area contributed by atoms with Gasteiger partial charge in [-0.15, -0.1) is 0 Å². The van der Waals surface area contributed by atoms with Crippen LogP contribution in [-0.2, 0) is 0 Å². The van der Waals surface area contributed by atoms with E-state index in [9.17, 15) is 5.11 Å². The maximum absolute atomic E-state index is 9.62. The van der Waals surface area contributed by atoms with Gasteiger partial charge < -0.3 is 20.6 Å². The molecule has 116 valence electrons. The average Bonchev–Trinajstić information content (AvgIpc) is 2.93. The van der Waals surface area contributed by atoms with Crippen molar-refractivity contribution in [2.45, 2.75) is 25.9 Å². The quantitative estimate of drug-likeness (QED) is 0.422. The minimum absolute atomic E-state index is 0.214. The van der Waals surface area contributed by atoms with E-state index in [-0.39, 0.29) is 6.10 Å². The Morgan fingerprint density at radius 1 is 1.38 bits per heavy atom. The van der Waals surface area contributed by atoms with Crippen LogP contribution in [0.2, 0.25) is 0 Å². The fourth-order valence-corrected chi connectivity index (χ4v) is 2.41. The van der Waals surface area contributed by atoms with Crippen molar-refractivity contribution in [1.29, 1.82) is 0 Å². The van der Waals surface area contributed by atoms with Gasteiger partial charge in [-0.2, -0.15) is 0 Å².